The molecule has 0 unspecified atom stereocenters. The molecule has 0 aromatic heterocycles. The summed E-state index contributed by atoms with van der Waals surface area (Å²) in [4.78, 5) is 0. The van der Waals surface area contributed by atoms with Gasteiger partial charge in [0.15, 0.2) is 5.88 Å². The maximum Gasteiger partial charge on any atom is 0.182 e. The van der Waals surface area contributed by atoms with Crippen molar-refractivity contribution < 1.29 is 14.6 Å². The number of hydrogen-bond donors (Lipinski definition) is 3. The minimum Gasteiger partial charge on any atom is -0.495 e. The third kappa shape index (κ3) is 11.7. The Balaban J connectivity index is 3.15. The highest BCUT2D eigenvalue weighted by atomic mass is 16.5. The molecule has 0 aromatic rings. The molecule has 3 N–H and O–H groups in total. The van der Waals surface area contributed by atoms with Crippen LogP contribution < -0.4 is 10.6 Å². The lowest BCUT2D eigenvalue weighted by atomic mass is 10.4. The van der Waals surface area contributed by atoms with Crippen LogP contribution in [0.3, 0.4) is 0 Å². The largest absolute Gasteiger partial charge is 0.495 e. The molecule has 0 fully saturated rings. The molecule has 0 aliphatic carbocycles. The molecule has 0 bridgehead atoms. The number of aliphatic hydroxyl groups is 1. The molecule has 0 spiro atoms. The van der Waals surface area contributed by atoms with Gasteiger partial charge >= 0.3 is 0 Å². The fraction of sp³-hybridized carbons (Fsp3) is 0.846. The van der Waals surface area contributed by atoms with E-state index in [1.165, 1.54) is 0 Å². The third-order valence-corrected chi connectivity index (χ3v) is 2.18. The Hall–Kier alpha value is -0.780. The normalized spacial score (nSPS) is 10.7. The van der Waals surface area contributed by atoms with Crippen molar-refractivity contribution in [1.29, 1.82) is 0 Å². The molecule has 0 aliphatic rings. The van der Waals surface area contributed by atoms with Gasteiger partial charge in [0.05, 0.1) is 26.4 Å². The molecule has 5 nitrogen and oxygen atoms in total. The van der Waals surface area contributed by atoms with Gasteiger partial charge in [0.2, 0.25) is 0 Å². The molecule has 0 atom stereocenters. The van der Waals surface area contributed by atoms with E-state index in [2.05, 4.69) is 24.5 Å². The zero-order valence-corrected chi connectivity index (χ0v) is 12.1. The smallest absolute Gasteiger partial charge is 0.182 e. The van der Waals surface area contributed by atoms with Gasteiger partial charge in [0.25, 0.3) is 0 Å². The SMILES string of the molecule is CC(C)=C(O)NCCOCCOCCNC(C)C. The predicted octanol–water partition coefficient (Wildman–Crippen LogP) is 1.42. The van der Waals surface area contributed by atoms with E-state index < -0.39 is 0 Å². The Kier molecular flexibility index (Phi) is 10.8. The van der Waals surface area contributed by atoms with Gasteiger partial charge in [-0.2, -0.15) is 0 Å². The van der Waals surface area contributed by atoms with Gasteiger partial charge < -0.3 is 25.2 Å². The molecule has 5 heteroatoms. The summed E-state index contributed by atoms with van der Waals surface area (Å²) in [6.07, 6.45) is 0. The number of hydrogen-bond acceptors (Lipinski definition) is 5. The lowest BCUT2D eigenvalue weighted by Gasteiger charge is -2.09. The van der Waals surface area contributed by atoms with Crippen LogP contribution in [0, 0.1) is 0 Å². The van der Waals surface area contributed by atoms with Gasteiger partial charge in [-0.1, -0.05) is 13.8 Å². The van der Waals surface area contributed by atoms with Gasteiger partial charge in [0.1, 0.15) is 0 Å². The second-order valence-corrected chi connectivity index (χ2v) is 4.61. The topological polar surface area (TPSA) is 62.8 Å². The van der Waals surface area contributed by atoms with Crippen LogP contribution in [0.25, 0.3) is 0 Å². The van der Waals surface area contributed by atoms with Crippen LogP contribution >= 0.6 is 0 Å². The number of aliphatic hydroxyl groups excluding tert-OH is 1. The van der Waals surface area contributed by atoms with Crippen molar-refractivity contribution in [2.75, 3.05) is 39.5 Å². The van der Waals surface area contributed by atoms with Crippen molar-refractivity contribution in [2.24, 2.45) is 0 Å². The van der Waals surface area contributed by atoms with Crippen LogP contribution in [0.1, 0.15) is 27.7 Å². The molecular weight excluding hydrogens is 232 g/mol. The fourth-order valence-corrected chi connectivity index (χ4v) is 1.16. The van der Waals surface area contributed by atoms with Crippen molar-refractivity contribution in [3.8, 4) is 0 Å². The third-order valence-electron chi connectivity index (χ3n) is 2.18. The molecule has 0 aliphatic heterocycles. The first-order chi connectivity index (χ1) is 8.54. The van der Waals surface area contributed by atoms with Crippen LogP contribution in [-0.2, 0) is 9.47 Å². The van der Waals surface area contributed by atoms with E-state index >= 15 is 0 Å². The van der Waals surface area contributed by atoms with Crippen LogP contribution in [-0.4, -0.2) is 50.7 Å². The summed E-state index contributed by atoms with van der Waals surface area (Å²) in [6, 6.07) is 0.499. The second-order valence-electron chi connectivity index (χ2n) is 4.61. The van der Waals surface area contributed by atoms with Crippen molar-refractivity contribution in [1.82, 2.24) is 10.6 Å². The summed E-state index contributed by atoms with van der Waals surface area (Å²) in [5, 5.41) is 15.5. The van der Waals surface area contributed by atoms with Crippen molar-refractivity contribution in [3.63, 3.8) is 0 Å². The average molecular weight is 260 g/mol. The van der Waals surface area contributed by atoms with Crippen LogP contribution in [0.5, 0.6) is 0 Å². The Morgan fingerprint density at radius 3 is 2.06 bits per heavy atom. The van der Waals surface area contributed by atoms with Crippen molar-refractivity contribution in [3.05, 3.63) is 11.5 Å². The Labute approximate surface area is 111 Å². The molecule has 108 valence electrons. The average Bonchev–Trinajstić information content (AvgIpc) is 2.30. The first kappa shape index (κ1) is 17.2. The van der Waals surface area contributed by atoms with Gasteiger partial charge in [-0.15, -0.1) is 0 Å². The Morgan fingerprint density at radius 1 is 1.00 bits per heavy atom. The zero-order chi connectivity index (χ0) is 13.8. The Morgan fingerprint density at radius 2 is 1.56 bits per heavy atom. The van der Waals surface area contributed by atoms with Crippen LogP contribution in [0.4, 0.5) is 0 Å². The molecule has 0 heterocycles. The van der Waals surface area contributed by atoms with Gasteiger partial charge in [-0.25, -0.2) is 0 Å². The first-order valence-corrected chi connectivity index (χ1v) is 6.53. The van der Waals surface area contributed by atoms with Gasteiger partial charge in [-0.3, -0.25) is 0 Å². The van der Waals surface area contributed by atoms with E-state index in [1.807, 2.05) is 13.8 Å². The summed E-state index contributed by atoms with van der Waals surface area (Å²) in [6.45, 7) is 11.8. The highest BCUT2D eigenvalue weighted by molar-refractivity contribution is 4.98. The Bertz CT molecular complexity index is 226. The van der Waals surface area contributed by atoms with Crippen LogP contribution in [0.2, 0.25) is 0 Å². The van der Waals surface area contributed by atoms with E-state index in [-0.39, 0.29) is 5.88 Å². The molecule has 0 saturated heterocycles. The monoisotopic (exact) mass is 260 g/mol. The molecular formula is C13H28N2O3. The van der Waals surface area contributed by atoms with E-state index in [9.17, 15) is 5.11 Å². The van der Waals surface area contributed by atoms with E-state index in [1.54, 1.807) is 0 Å². The minimum atomic E-state index is 0.231. The minimum absolute atomic E-state index is 0.231. The second kappa shape index (κ2) is 11.3. The zero-order valence-electron chi connectivity index (χ0n) is 12.1. The highest BCUT2D eigenvalue weighted by Crippen LogP contribution is 1.93. The molecule has 0 radical (unpaired) electrons. The van der Waals surface area contributed by atoms with Crippen LogP contribution in [0.15, 0.2) is 11.5 Å². The van der Waals surface area contributed by atoms with Crippen molar-refractivity contribution >= 4 is 0 Å². The number of ether oxygens (including phenoxy) is 2. The molecule has 0 rings (SSSR count). The lowest BCUT2D eigenvalue weighted by Crippen LogP contribution is -2.27. The summed E-state index contributed by atoms with van der Waals surface area (Å²) in [7, 11) is 0. The van der Waals surface area contributed by atoms with Crippen molar-refractivity contribution in [2.45, 2.75) is 33.7 Å². The van der Waals surface area contributed by atoms with E-state index in [0.717, 1.165) is 12.1 Å². The fourth-order valence-electron chi connectivity index (χ4n) is 1.16. The van der Waals surface area contributed by atoms with E-state index in [0.29, 0.717) is 39.0 Å². The molecule has 18 heavy (non-hydrogen) atoms. The summed E-state index contributed by atoms with van der Waals surface area (Å²) < 4.78 is 10.7. The number of nitrogens with one attached hydrogen (secondary N) is 2. The highest BCUT2D eigenvalue weighted by Gasteiger charge is 1.95. The number of rotatable bonds is 11. The molecule has 0 saturated carbocycles. The standard InChI is InChI=1S/C13H28N2O3/c1-11(2)13(16)15-6-8-18-10-9-17-7-5-14-12(3)4/h12,14-16H,5-10H2,1-4H3. The molecule has 0 amide bonds. The first-order valence-electron chi connectivity index (χ1n) is 6.53. The summed E-state index contributed by atoms with van der Waals surface area (Å²) >= 11 is 0. The summed E-state index contributed by atoms with van der Waals surface area (Å²) in [5.41, 5.74) is 0.871. The van der Waals surface area contributed by atoms with E-state index in [4.69, 9.17) is 9.47 Å². The maximum atomic E-state index is 9.35. The van der Waals surface area contributed by atoms with Gasteiger partial charge in [-0.05, 0) is 19.4 Å². The van der Waals surface area contributed by atoms with Gasteiger partial charge in [0, 0.05) is 19.1 Å². The number of allylic oxidation sites excluding steroid dienone is 1. The molecule has 0 aromatic carbocycles. The maximum absolute atomic E-state index is 9.35. The predicted molar refractivity (Wildman–Crippen MR) is 73.8 cm³/mol. The summed E-state index contributed by atoms with van der Waals surface area (Å²) in [5.74, 6) is 0.231. The lowest BCUT2D eigenvalue weighted by molar-refractivity contribution is 0.0493. The quantitative estimate of drug-likeness (QED) is 0.387.